The number of fused-ring (bicyclic) bond motifs is 1. The van der Waals surface area contributed by atoms with Crippen molar-refractivity contribution in [3.63, 3.8) is 0 Å². The normalized spacial score (nSPS) is 15.1. The van der Waals surface area contributed by atoms with Crippen LogP contribution in [0.15, 0.2) is 54.6 Å². The number of ether oxygens (including phenoxy) is 1. The molecule has 0 spiro atoms. The van der Waals surface area contributed by atoms with Gasteiger partial charge in [-0.1, -0.05) is 53.3 Å². The Bertz CT molecular complexity index is 1020. The zero-order valence-electron chi connectivity index (χ0n) is 16.7. The minimum Gasteiger partial charge on any atom is -0.379 e. The van der Waals surface area contributed by atoms with Crippen molar-refractivity contribution in [1.82, 2.24) is 9.88 Å². The molecule has 0 aliphatic carbocycles. The number of hydrogen-bond acceptors (Lipinski definition) is 5. The fourth-order valence-electron chi connectivity index (χ4n) is 3.40. The standard InChI is InChI=1S/C23H24ClN3O2S/c24-19-8-9-20-21(17-19)30-23(25-20)27(12-4-11-26-13-15-29-16-14-26)22(28)10-7-18-5-2-1-3-6-18/h1-3,5-10,17H,4,11-16H2/b10-7+. The van der Waals surface area contributed by atoms with E-state index in [0.29, 0.717) is 16.7 Å². The summed E-state index contributed by atoms with van der Waals surface area (Å²) in [6.07, 6.45) is 4.35. The van der Waals surface area contributed by atoms with Crippen LogP contribution in [0.2, 0.25) is 5.02 Å². The lowest BCUT2D eigenvalue weighted by molar-refractivity contribution is -0.114. The van der Waals surface area contributed by atoms with Crippen molar-refractivity contribution >= 4 is 50.3 Å². The summed E-state index contributed by atoms with van der Waals surface area (Å²) >= 11 is 7.63. The Labute approximate surface area is 185 Å². The maximum Gasteiger partial charge on any atom is 0.252 e. The van der Waals surface area contributed by atoms with Crippen molar-refractivity contribution in [1.29, 1.82) is 0 Å². The van der Waals surface area contributed by atoms with E-state index in [-0.39, 0.29) is 5.91 Å². The molecule has 4 rings (SSSR count). The summed E-state index contributed by atoms with van der Waals surface area (Å²) in [5, 5.41) is 1.38. The van der Waals surface area contributed by atoms with Crippen LogP contribution in [0.1, 0.15) is 12.0 Å². The Morgan fingerprint density at radius 2 is 2.00 bits per heavy atom. The van der Waals surface area contributed by atoms with E-state index in [9.17, 15) is 4.79 Å². The maximum atomic E-state index is 13.1. The van der Waals surface area contributed by atoms with E-state index in [4.69, 9.17) is 21.3 Å². The van der Waals surface area contributed by atoms with Crippen molar-refractivity contribution < 1.29 is 9.53 Å². The molecule has 1 aliphatic heterocycles. The third-order valence-corrected chi connectivity index (χ3v) is 6.29. The van der Waals surface area contributed by atoms with Crippen LogP contribution in [-0.2, 0) is 9.53 Å². The minimum atomic E-state index is -0.0639. The smallest absolute Gasteiger partial charge is 0.252 e. The number of hydrogen-bond donors (Lipinski definition) is 0. The Hall–Kier alpha value is -2.25. The number of rotatable bonds is 7. The number of amides is 1. The van der Waals surface area contributed by atoms with Gasteiger partial charge in [0.15, 0.2) is 5.13 Å². The van der Waals surface area contributed by atoms with Gasteiger partial charge in [-0.15, -0.1) is 0 Å². The van der Waals surface area contributed by atoms with E-state index in [0.717, 1.165) is 55.0 Å². The molecule has 1 aromatic heterocycles. The van der Waals surface area contributed by atoms with Gasteiger partial charge in [0.05, 0.1) is 23.4 Å². The van der Waals surface area contributed by atoms with Gasteiger partial charge in [0.2, 0.25) is 0 Å². The number of carbonyl (C=O) groups is 1. The van der Waals surface area contributed by atoms with E-state index in [1.807, 2.05) is 54.6 Å². The molecule has 30 heavy (non-hydrogen) atoms. The van der Waals surface area contributed by atoms with Crippen LogP contribution in [0.3, 0.4) is 0 Å². The number of benzene rings is 2. The van der Waals surface area contributed by atoms with Gasteiger partial charge in [-0.3, -0.25) is 14.6 Å². The zero-order valence-corrected chi connectivity index (χ0v) is 18.2. The number of carbonyl (C=O) groups excluding carboxylic acids is 1. The lowest BCUT2D eigenvalue weighted by Crippen LogP contribution is -2.39. The molecule has 0 unspecified atom stereocenters. The average Bonchev–Trinajstić information content (AvgIpc) is 3.19. The lowest BCUT2D eigenvalue weighted by atomic mass is 10.2. The second-order valence-corrected chi connectivity index (χ2v) is 8.60. The molecule has 0 atom stereocenters. The molecule has 0 saturated carbocycles. The number of anilines is 1. The van der Waals surface area contributed by atoms with Gasteiger partial charge in [0, 0.05) is 37.3 Å². The number of halogens is 1. The predicted molar refractivity (Wildman–Crippen MR) is 124 cm³/mol. The van der Waals surface area contributed by atoms with Crippen LogP contribution in [0.4, 0.5) is 5.13 Å². The second kappa shape index (κ2) is 10.2. The summed E-state index contributed by atoms with van der Waals surface area (Å²) in [5.74, 6) is -0.0639. The van der Waals surface area contributed by atoms with Crippen molar-refractivity contribution in [2.45, 2.75) is 6.42 Å². The lowest BCUT2D eigenvalue weighted by Gasteiger charge is -2.27. The summed E-state index contributed by atoms with van der Waals surface area (Å²) in [4.78, 5) is 21.9. The van der Waals surface area contributed by atoms with Crippen LogP contribution in [0.25, 0.3) is 16.3 Å². The van der Waals surface area contributed by atoms with Crippen molar-refractivity contribution in [3.05, 3.63) is 65.2 Å². The van der Waals surface area contributed by atoms with E-state index >= 15 is 0 Å². The highest BCUT2D eigenvalue weighted by Gasteiger charge is 2.19. The minimum absolute atomic E-state index is 0.0639. The monoisotopic (exact) mass is 441 g/mol. The van der Waals surface area contributed by atoms with Crippen molar-refractivity contribution in [3.8, 4) is 0 Å². The van der Waals surface area contributed by atoms with Crippen LogP contribution in [0, 0.1) is 0 Å². The van der Waals surface area contributed by atoms with Crippen LogP contribution < -0.4 is 4.90 Å². The average molecular weight is 442 g/mol. The molecule has 3 aromatic rings. The van der Waals surface area contributed by atoms with Crippen LogP contribution in [0.5, 0.6) is 0 Å². The molecule has 5 nitrogen and oxygen atoms in total. The van der Waals surface area contributed by atoms with Gasteiger partial charge in [0.1, 0.15) is 0 Å². The molecular weight excluding hydrogens is 418 g/mol. The van der Waals surface area contributed by atoms with Crippen LogP contribution >= 0.6 is 22.9 Å². The van der Waals surface area contributed by atoms with Gasteiger partial charge in [-0.2, -0.15) is 0 Å². The van der Waals surface area contributed by atoms with E-state index in [1.165, 1.54) is 11.3 Å². The summed E-state index contributed by atoms with van der Waals surface area (Å²) in [7, 11) is 0. The van der Waals surface area contributed by atoms with Crippen molar-refractivity contribution in [2.75, 3.05) is 44.3 Å². The molecular formula is C23H24ClN3O2S. The fraction of sp³-hybridized carbons (Fsp3) is 0.304. The van der Waals surface area contributed by atoms with E-state index < -0.39 is 0 Å². The topological polar surface area (TPSA) is 45.7 Å². The highest BCUT2D eigenvalue weighted by molar-refractivity contribution is 7.22. The Kier molecular flexibility index (Phi) is 7.12. The SMILES string of the molecule is O=C(/C=C/c1ccccc1)N(CCCN1CCOCC1)c1nc2ccc(Cl)cc2s1. The molecule has 1 fully saturated rings. The molecule has 0 radical (unpaired) electrons. The van der Waals surface area contributed by atoms with Crippen molar-refractivity contribution in [2.24, 2.45) is 0 Å². The molecule has 1 saturated heterocycles. The van der Waals surface area contributed by atoms with Gasteiger partial charge in [0.25, 0.3) is 5.91 Å². The van der Waals surface area contributed by atoms with Gasteiger partial charge in [-0.05, 0) is 36.3 Å². The Balaban J connectivity index is 1.51. The molecule has 7 heteroatoms. The number of morpholine rings is 1. The summed E-state index contributed by atoms with van der Waals surface area (Å²) in [6, 6.07) is 15.5. The quantitative estimate of drug-likeness (QED) is 0.498. The van der Waals surface area contributed by atoms with Gasteiger partial charge < -0.3 is 4.74 Å². The van der Waals surface area contributed by atoms with Gasteiger partial charge in [-0.25, -0.2) is 4.98 Å². The molecule has 0 bridgehead atoms. The summed E-state index contributed by atoms with van der Waals surface area (Å²) < 4.78 is 6.40. The molecule has 1 aliphatic rings. The second-order valence-electron chi connectivity index (χ2n) is 7.15. The number of nitrogens with zero attached hydrogens (tertiary/aromatic N) is 3. The number of aromatic nitrogens is 1. The first-order chi connectivity index (χ1) is 14.7. The first kappa shape index (κ1) is 21.0. The molecule has 2 heterocycles. The summed E-state index contributed by atoms with van der Waals surface area (Å²) in [6.45, 7) is 5.00. The Morgan fingerprint density at radius 3 is 2.80 bits per heavy atom. The highest BCUT2D eigenvalue weighted by Crippen LogP contribution is 2.31. The molecule has 156 valence electrons. The third-order valence-electron chi connectivity index (χ3n) is 5.01. The largest absolute Gasteiger partial charge is 0.379 e. The van der Waals surface area contributed by atoms with Gasteiger partial charge >= 0.3 is 0 Å². The zero-order chi connectivity index (χ0) is 20.8. The molecule has 2 aromatic carbocycles. The molecule has 0 N–H and O–H groups in total. The predicted octanol–water partition coefficient (Wildman–Crippen LogP) is 4.72. The highest BCUT2D eigenvalue weighted by atomic mass is 35.5. The first-order valence-electron chi connectivity index (χ1n) is 10.1. The number of thiazole rings is 1. The van der Waals surface area contributed by atoms with E-state index in [2.05, 4.69) is 4.90 Å². The first-order valence-corrected chi connectivity index (χ1v) is 11.3. The van der Waals surface area contributed by atoms with Crippen LogP contribution in [-0.4, -0.2) is 55.2 Å². The third kappa shape index (κ3) is 5.46. The van der Waals surface area contributed by atoms with E-state index in [1.54, 1.807) is 11.0 Å². The maximum absolute atomic E-state index is 13.1. The summed E-state index contributed by atoms with van der Waals surface area (Å²) in [5.41, 5.74) is 1.85. The fourth-order valence-corrected chi connectivity index (χ4v) is 4.67. The Morgan fingerprint density at radius 1 is 1.20 bits per heavy atom. The molecule has 1 amide bonds.